The van der Waals surface area contributed by atoms with E-state index in [0.29, 0.717) is 31.0 Å². The summed E-state index contributed by atoms with van der Waals surface area (Å²) in [5.74, 6) is 0.890. The number of carbonyl (C=O) groups is 1. The van der Waals surface area contributed by atoms with Gasteiger partial charge >= 0.3 is 6.18 Å². The standard InChI is InChI=1S/C35H41F3N2O.2ClH/c1-26-7-2-3-9-31(26)24-39-19-15-27(16-20-39)8-6-12-34(41)30-14-13-28-17-21-40(22-18-29(28)23-30)25-32-10-4-5-11-33(32)35(36,37)38;;/h2-5,7,9-11,13-14,23,27H,6,8,12,15-22,24-25H2,1H3;2*1H. The Hall–Kier alpha value is -2.38. The predicted molar refractivity (Wildman–Crippen MR) is 172 cm³/mol. The summed E-state index contributed by atoms with van der Waals surface area (Å²) in [4.78, 5) is 17.7. The van der Waals surface area contributed by atoms with Gasteiger partial charge in [0, 0.05) is 38.2 Å². The lowest BCUT2D eigenvalue weighted by molar-refractivity contribution is -0.138. The van der Waals surface area contributed by atoms with Gasteiger partial charge in [-0.25, -0.2) is 0 Å². The van der Waals surface area contributed by atoms with Gasteiger partial charge in [0.05, 0.1) is 5.56 Å². The summed E-state index contributed by atoms with van der Waals surface area (Å²) in [5.41, 5.74) is 5.66. The average molecular weight is 636 g/mol. The molecule has 0 aliphatic carbocycles. The van der Waals surface area contributed by atoms with Crippen molar-refractivity contribution in [3.05, 3.63) is 106 Å². The van der Waals surface area contributed by atoms with Crippen LogP contribution in [0.2, 0.25) is 0 Å². The van der Waals surface area contributed by atoms with Crippen molar-refractivity contribution in [3.8, 4) is 0 Å². The Labute approximate surface area is 266 Å². The summed E-state index contributed by atoms with van der Waals surface area (Å²) in [6.07, 6.45) is 2.16. The van der Waals surface area contributed by atoms with Gasteiger partial charge in [-0.1, -0.05) is 54.6 Å². The number of hydrogen-bond donors (Lipinski definition) is 0. The molecule has 2 aliphatic heterocycles. The lowest BCUT2D eigenvalue weighted by Gasteiger charge is -2.32. The van der Waals surface area contributed by atoms with E-state index in [1.165, 1.54) is 35.6 Å². The minimum atomic E-state index is -4.35. The van der Waals surface area contributed by atoms with Crippen LogP contribution in [0.1, 0.15) is 75.8 Å². The summed E-state index contributed by atoms with van der Waals surface area (Å²) in [7, 11) is 0. The second kappa shape index (κ2) is 16.1. The van der Waals surface area contributed by atoms with Crippen molar-refractivity contribution >= 4 is 30.6 Å². The summed E-state index contributed by atoms with van der Waals surface area (Å²) < 4.78 is 40.4. The largest absolute Gasteiger partial charge is 0.416 e. The maximum atomic E-state index is 13.5. The monoisotopic (exact) mass is 634 g/mol. The quantitative estimate of drug-likeness (QED) is 0.220. The fraction of sp³-hybridized carbons (Fsp3) is 0.457. The molecule has 0 aromatic heterocycles. The van der Waals surface area contributed by atoms with Crippen LogP contribution < -0.4 is 0 Å². The highest BCUT2D eigenvalue weighted by atomic mass is 35.5. The topological polar surface area (TPSA) is 23.6 Å². The van der Waals surface area contributed by atoms with Crippen LogP contribution in [-0.4, -0.2) is 41.8 Å². The van der Waals surface area contributed by atoms with E-state index >= 15 is 0 Å². The Morgan fingerprint density at radius 2 is 1.40 bits per heavy atom. The van der Waals surface area contributed by atoms with Crippen LogP contribution in [-0.2, 0) is 32.1 Å². The van der Waals surface area contributed by atoms with Crippen LogP contribution in [0.5, 0.6) is 0 Å². The van der Waals surface area contributed by atoms with Gasteiger partial charge in [-0.2, -0.15) is 13.2 Å². The van der Waals surface area contributed by atoms with Gasteiger partial charge in [0.1, 0.15) is 0 Å². The van der Waals surface area contributed by atoms with Crippen LogP contribution in [0.25, 0.3) is 0 Å². The Morgan fingerprint density at radius 1 is 0.791 bits per heavy atom. The molecule has 0 bridgehead atoms. The maximum absolute atomic E-state index is 13.5. The number of benzene rings is 3. The molecular formula is C35H43Cl2F3N2O. The number of ketones is 1. The Kier molecular flexibility index (Phi) is 13.1. The van der Waals surface area contributed by atoms with E-state index in [-0.39, 0.29) is 37.1 Å². The zero-order valence-electron chi connectivity index (χ0n) is 24.9. The molecule has 3 aromatic rings. The number of carbonyl (C=O) groups excluding carboxylic acids is 1. The first-order valence-electron chi connectivity index (χ1n) is 15.1. The highest BCUT2D eigenvalue weighted by Crippen LogP contribution is 2.33. The maximum Gasteiger partial charge on any atom is 0.416 e. The SMILES string of the molecule is Cc1ccccc1CN1CCC(CCCC(=O)c2ccc3c(c2)CCN(Cc2ccccc2C(F)(F)F)CC3)CC1.Cl.Cl. The third-order valence-electron chi connectivity index (χ3n) is 9.02. The van der Waals surface area contributed by atoms with E-state index < -0.39 is 11.7 Å². The number of halogens is 5. The highest BCUT2D eigenvalue weighted by molar-refractivity contribution is 5.96. The van der Waals surface area contributed by atoms with E-state index in [0.717, 1.165) is 62.5 Å². The highest BCUT2D eigenvalue weighted by Gasteiger charge is 2.33. The molecule has 0 saturated carbocycles. The second-order valence-corrected chi connectivity index (χ2v) is 11.9. The van der Waals surface area contributed by atoms with Gasteiger partial charge in [0.15, 0.2) is 5.78 Å². The van der Waals surface area contributed by atoms with Crippen LogP contribution in [0.4, 0.5) is 13.2 Å². The van der Waals surface area contributed by atoms with E-state index in [2.05, 4.69) is 47.1 Å². The van der Waals surface area contributed by atoms with Crippen LogP contribution in [0, 0.1) is 12.8 Å². The molecular weight excluding hydrogens is 592 g/mol. The first-order valence-corrected chi connectivity index (χ1v) is 15.1. The van der Waals surface area contributed by atoms with Gasteiger partial charge in [-0.05, 0) is 104 Å². The average Bonchev–Trinajstić information content (AvgIpc) is 3.16. The second-order valence-electron chi connectivity index (χ2n) is 11.9. The molecule has 43 heavy (non-hydrogen) atoms. The molecule has 0 atom stereocenters. The molecule has 8 heteroatoms. The molecule has 0 spiro atoms. The van der Waals surface area contributed by atoms with Crippen LogP contribution >= 0.6 is 24.8 Å². The van der Waals surface area contributed by atoms with E-state index in [1.807, 2.05) is 12.1 Å². The number of alkyl halides is 3. The van der Waals surface area contributed by atoms with Gasteiger partial charge in [0.2, 0.25) is 0 Å². The molecule has 3 aromatic carbocycles. The smallest absolute Gasteiger partial charge is 0.299 e. The zero-order valence-corrected chi connectivity index (χ0v) is 26.5. The number of likely N-dealkylation sites (tertiary alicyclic amines) is 1. The number of nitrogens with zero attached hydrogens (tertiary/aromatic N) is 2. The molecule has 5 rings (SSSR count). The number of piperidine rings is 1. The lowest BCUT2D eigenvalue weighted by atomic mass is 9.90. The van der Waals surface area contributed by atoms with Gasteiger partial charge < -0.3 is 0 Å². The lowest BCUT2D eigenvalue weighted by Crippen LogP contribution is -2.33. The van der Waals surface area contributed by atoms with Crippen LogP contribution in [0.15, 0.2) is 66.7 Å². The van der Waals surface area contributed by atoms with E-state index in [9.17, 15) is 18.0 Å². The molecule has 234 valence electrons. The van der Waals surface area contributed by atoms with Crippen molar-refractivity contribution in [1.29, 1.82) is 0 Å². The van der Waals surface area contributed by atoms with Crippen molar-refractivity contribution in [2.75, 3.05) is 26.2 Å². The number of aryl methyl sites for hydroxylation is 1. The molecule has 2 aliphatic rings. The molecule has 1 saturated heterocycles. The fourth-order valence-electron chi connectivity index (χ4n) is 6.44. The molecule has 0 radical (unpaired) electrons. The molecule has 1 fully saturated rings. The Bertz CT molecular complexity index is 1340. The minimum Gasteiger partial charge on any atom is -0.299 e. The minimum absolute atomic E-state index is 0. The number of hydrogen-bond acceptors (Lipinski definition) is 3. The normalized spacial score (nSPS) is 16.5. The molecule has 3 nitrogen and oxygen atoms in total. The molecule has 0 amide bonds. The molecule has 2 heterocycles. The summed E-state index contributed by atoms with van der Waals surface area (Å²) in [6, 6.07) is 20.5. The van der Waals surface area contributed by atoms with Crippen molar-refractivity contribution in [1.82, 2.24) is 9.80 Å². The third-order valence-corrected chi connectivity index (χ3v) is 9.02. The number of rotatable bonds is 9. The fourth-order valence-corrected chi connectivity index (χ4v) is 6.44. The van der Waals surface area contributed by atoms with Crippen LogP contribution in [0.3, 0.4) is 0 Å². The number of Topliss-reactive ketones (excluding diaryl/α,β-unsaturated/α-hetero) is 1. The van der Waals surface area contributed by atoms with Crippen molar-refractivity contribution in [2.24, 2.45) is 5.92 Å². The van der Waals surface area contributed by atoms with Crippen molar-refractivity contribution in [3.63, 3.8) is 0 Å². The Balaban J connectivity index is 0.00000253. The molecule has 0 N–H and O–H groups in total. The summed E-state index contributed by atoms with van der Waals surface area (Å²) in [6.45, 7) is 7.11. The van der Waals surface area contributed by atoms with Gasteiger partial charge in [-0.3, -0.25) is 14.6 Å². The van der Waals surface area contributed by atoms with E-state index in [4.69, 9.17) is 0 Å². The van der Waals surface area contributed by atoms with Gasteiger partial charge in [0.25, 0.3) is 0 Å². The third kappa shape index (κ3) is 9.55. The van der Waals surface area contributed by atoms with Crippen molar-refractivity contribution in [2.45, 2.75) is 71.1 Å². The van der Waals surface area contributed by atoms with Gasteiger partial charge in [-0.15, -0.1) is 24.8 Å². The predicted octanol–water partition coefficient (Wildman–Crippen LogP) is 8.72. The van der Waals surface area contributed by atoms with Crippen molar-refractivity contribution < 1.29 is 18.0 Å². The summed E-state index contributed by atoms with van der Waals surface area (Å²) >= 11 is 0. The molecule has 0 unspecified atom stereocenters. The summed E-state index contributed by atoms with van der Waals surface area (Å²) in [5, 5.41) is 0. The number of fused-ring (bicyclic) bond motifs is 1. The first kappa shape index (κ1) is 35.1. The van der Waals surface area contributed by atoms with E-state index in [1.54, 1.807) is 12.1 Å². The Morgan fingerprint density at radius 3 is 2.09 bits per heavy atom. The first-order chi connectivity index (χ1) is 19.8. The zero-order chi connectivity index (χ0) is 28.8.